The van der Waals surface area contributed by atoms with Crippen LogP contribution in [0.5, 0.6) is 0 Å². The summed E-state index contributed by atoms with van der Waals surface area (Å²) in [6, 6.07) is 29.2. The number of nitrogens with two attached hydrogens (primary N) is 1. The molecule has 0 unspecified atom stereocenters. The van der Waals surface area contributed by atoms with E-state index in [1.165, 1.54) is 12.8 Å². The van der Waals surface area contributed by atoms with Crippen molar-refractivity contribution >= 4 is 34.9 Å². The maximum atomic E-state index is 11.7. The van der Waals surface area contributed by atoms with Gasteiger partial charge in [0.15, 0.2) is 42.6 Å². The van der Waals surface area contributed by atoms with Crippen LogP contribution in [0.4, 0.5) is 32.3 Å². The predicted molar refractivity (Wildman–Crippen MR) is 241 cm³/mol. The number of hydrogen-bond acceptors (Lipinski definition) is 17. The maximum Gasteiger partial charge on any atom is 0.407 e. The number of benzene rings is 4. The Balaban J connectivity index is 0.000000238. The maximum absolute atomic E-state index is 11.7. The van der Waals surface area contributed by atoms with Gasteiger partial charge in [0.2, 0.25) is 6.11 Å². The summed E-state index contributed by atoms with van der Waals surface area (Å²) in [6.07, 6.45) is 13.8. The summed E-state index contributed by atoms with van der Waals surface area (Å²) in [5, 5.41) is 13.3. The number of rotatable bonds is 12. The predicted octanol–water partition coefficient (Wildman–Crippen LogP) is 9.06. The molecule has 6 aromatic rings. The minimum Gasteiger partial charge on any atom is -0.444 e. The molecule has 0 radical (unpaired) electrons. The molecule has 19 heteroatoms. The Morgan fingerprint density at radius 2 is 0.923 bits per heavy atom. The lowest BCUT2D eigenvalue weighted by Crippen LogP contribution is -2.32. The van der Waals surface area contributed by atoms with Gasteiger partial charge in [0, 0.05) is 29.9 Å². The Hall–Kier alpha value is -8.68. The molecule has 0 atom stereocenters. The highest BCUT2D eigenvalue weighted by atomic mass is 17.1. The number of nitrogens with one attached hydrogen (secondary N) is 5. The first-order valence-electron chi connectivity index (χ1n) is 19.6. The molecule has 0 spiro atoms. The van der Waals surface area contributed by atoms with Crippen LogP contribution >= 0.6 is 0 Å². The van der Waals surface area contributed by atoms with Crippen molar-refractivity contribution in [3.05, 3.63) is 133 Å². The summed E-state index contributed by atoms with van der Waals surface area (Å²) >= 11 is 0. The lowest BCUT2D eigenvalue weighted by atomic mass is 10.2. The van der Waals surface area contributed by atoms with Crippen molar-refractivity contribution < 1.29 is 52.6 Å². The third-order valence-electron chi connectivity index (χ3n) is 7.60. The van der Waals surface area contributed by atoms with E-state index in [0.717, 1.165) is 33.7 Å². The molecule has 0 aliphatic carbocycles. The zero-order valence-corrected chi connectivity index (χ0v) is 36.5. The number of carbonyl (C=O) groups is 2. The van der Waals surface area contributed by atoms with Crippen molar-refractivity contribution in [2.45, 2.75) is 65.8 Å². The van der Waals surface area contributed by atoms with E-state index in [4.69, 9.17) is 39.0 Å². The van der Waals surface area contributed by atoms with Gasteiger partial charge >= 0.3 is 12.2 Å². The molecular weight excluding hydrogens is 841 g/mol. The summed E-state index contributed by atoms with van der Waals surface area (Å²) in [5.74, 6) is 1.44. The Morgan fingerprint density at radius 1 is 0.569 bits per heavy atom. The SMILES string of the molecule is CC(C)(C)OC(=O)NCc1ccc(NOC#CONc2ccc(-c3cnco3)cc2)cc1.CC(C)(C)OC(=O)NCc1ccc(NOC#COO)cc1.Nc1ccc(-c2cnco2)cc1. The minimum atomic E-state index is -0.529. The molecule has 8 N–H and O–H groups in total. The standard InChI is InChI=1S/C23H24N4O5.C14H18N2O5.C9H8N2O/c1-23(2,3)32-22(28)25-14-17-4-8-19(9-5-17)26-30-12-13-31-27-20-10-6-18(7-11-20)21-15-24-16-29-21;1-14(2,3)21-13(17)15-10-11-4-6-12(7-5-11)16-19-8-9-20-18;10-8-3-1-7(2-4-8)9-5-11-6-12-9/h4-11,15-16,26-27H,14H2,1-3H3,(H,25,28);4-7,16,18H,10H2,1-3H3,(H,15,17);1-6H,10H2. The Morgan fingerprint density at radius 3 is 1.26 bits per heavy atom. The fourth-order valence-electron chi connectivity index (χ4n) is 4.76. The van der Waals surface area contributed by atoms with Gasteiger partial charge in [-0.25, -0.2) is 36.0 Å². The summed E-state index contributed by atoms with van der Waals surface area (Å²) < 4.78 is 20.7. The molecule has 0 fully saturated rings. The summed E-state index contributed by atoms with van der Waals surface area (Å²) in [7, 11) is 0. The lowest BCUT2D eigenvalue weighted by molar-refractivity contribution is -0.172. The highest BCUT2D eigenvalue weighted by Crippen LogP contribution is 2.21. The van der Waals surface area contributed by atoms with Gasteiger partial charge in [0.1, 0.15) is 11.2 Å². The average molecular weight is 891 g/mol. The number of carbonyl (C=O) groups excluding carboxylic acids is 2. The molecule has 340 valence electrons. The molecule has 4 aromatic carbocycles. The Bertz CT molecular complexity index is 2430. The molecule has 6 rings (SSSR count). The average Bonchev–Trinajstić information content (AvgIpc) is 4.02. The third kappa shape index (κ3) is 20.2. The molecule has 65 heavy (non-hydrogen) atoms. The van der Waals surface area contributed by atoms with E-state index >= 15 is 0 Å². The number of oxazole rings is 2. The van der Waals surface area contributed by atoms with Crippen molar-refractivity contribution in [1.82, 2.24) is 20.6 Å². The van der Waals surface area contributed by atoms with Crippen molar-refractivity contribution in [2.75, 3.05) is 22.2 Å². The number of nitrogens with zero attached hydrogens (tertiary/aromatic N) is 2. The number of amides is 2. The Kier molecular flexibility index (Phi) is 19.1. The molecule has 2 amide bonds. The fourth-order valence-corrected chi connectivity index (χ4v) is 4.76. The Labute approximate surface area is 375 Å². The third-order valence-corrected chi connectivity index (χ3v) is 7.60. The van der Waals surface area contributed by atoms with E-state index in [9.17, 15) is 9.59 Å². The van der Waals surface area contributed by atoms with Crippen LogP contribution in [0.2, 0.25) is 0 Å². The molecule has 0 saturated carbocycles. The molecule has 2 aromatic heterocycles. The van der Waals surface area contributed by atoms with Crippen LogP contribution in [0.15, 0.2) is 131 Å². The first-order chi connectivity index (χ1) is 31.2. The molecule has 19 nitrogen and oxygen atoms in total. The highest BCUT2D eigenvalue weighted by Gasteiger charge is 2.16. The molecular formula is C46H50N8O11. The van der Waals surface area contributed by atoms with Gasteiger partial charge in [-0.2, -0.15) is 5.26 Å². The number of hydrogen-bond donors (Lipinski definition) is 7. The van der Waals surface area contributed by atoms with E-state index in [-0.39, 0.29) is 0 Å². The zero-order chi connectivity index (χ0) is 46.9. The normalized spacial score (nSPS) is 10.1. The molecule has 0 saturated heterocycles. The number of aromatic nitrogens is 2. The van der Waals surface area contributed by atoms with Crippen molar-refractivity contribution in [3.63, 3.8) is 0 Å². The number of ether oxygens (including phenoxy) is 2. The second-order valence-corrected chi connectivity index (χ2v) is 15.1. The van der Waals surface area contributed by atoms with Crippen molar-refractivity contribution in [2.24, 2.45) is 0 Å². The summed E-state index contributed by atoms with van der Waals surface area (Å²) in [6.45, 7) is 11.6. The van der Waals surface area contributed by atoms with Crippen LogP contribution < -0.4 is 32.8 Å². The van der Waals surface area contributed by atoms with Gasteiger partial charge in [-0.15, -0.1) is 0 Å². The van der Waals surface area contributed by atoms with E-state index < -0.39 is 23.4 Å². The van der Waals surface area contributed by atoms with Gasteiger partial charge in [-0.3, -0.25) is 4.89 Å². The molecule has 0 bridgehead atoms. The van der Waals surface area contributed by atoms with E-state index in [0.29, 0.717) is 35.9 Å². The van der Waals surface area contributed by atoms with Gasteiger partial charge in [0.05, 0.1) is 29.5 Å². The van der Waals surface area contributed by atoms with Crippen LogP contribution in [-0.2, 0) is 42.0 Å². The summed E-state index contributed by atoms with van der Waals surface area (Å²) in [4.78, 5) is 49.1. The van der Waals surface area contributed by atoms with Crippen LogP contribution in [0.25, 0.3) is 22.6 Å². The van der Waals surface area contributed by atoms with Gasteiger partial charge in [-0.05, 0) is 125 Å². The zero-order valence-electron chi connectivity index (χ0n) is 36.5. The highest BCUT2D eigenvalue weighted by molar-refractivity contribution is 5.68. The van der Waals surface area contributed by atoms with Gasteiger partial charge < -0.3 is 49.2 Å². The second kappa shape index (κ2) is 25.3. The van der Waals surface area contributed by atoms with Gasteiger partial charge in [0.25, 0.3) is 0 Å². The largest absolute Gasteiger partial charge is 0.444 e. The second-order valence-electron chi connectivity index (χ2n) is 15.1. The minimum absolute atomic E-state index is 0.355. The van der Waals surface area contributed by atoms with Crippen molar-refractivity contribution in [3.8, 4) is 47.1 Å². The first kappa shape index (κ1) is 49.0. The van der Waals surface area contributed by atoms with Crippen LogP contribution in [0.3, 0.4) is 0 Å². The molecule has 2 heterocycles. The number of anilines is 4. The van der Waals surface area contributed by atoms with E-state index in [1.54, 1.807) is 69.6 Å². The smallest absolute Gasteiger partial charge is 0.407 e. The van der Waals surface area contributed by atoms with E-state index in [2.05, 4.69) is 65.1 Å². The van der Waals surface area contributed by atoms with Crippen molar-refractivity contribution in [1.29, 1.82) is 0 Å². The van der Waals surface area contributed by atoms with Crippen LogP contribution in [-0.4, -0.2) is 38.6 Å². The monoisotopic (exact) mass is 890 g/mol. The first-order valence-corrected chi connectivity index (χ1v) is 19.6. The summed E-state index contributed by atoms with van der Waals surface area (Å²) in [5.41, 5.74) is 18.9. The lowest BCUT2D eigenvalue weighted by Gasteiger charge is -2.19. The molecule has 0 aliphatic rings. The van der Waals surface area contributed by atoms with Gasteiger partial charge in [-0.1, -0.05) is 24.3 Å². The van der Waals surface area contributed by atoms with Crippen LogP contribution in [0, 0.1) is 24.4 Å². The van der Waals surface area contributed by atoms with Crippen LogP contribution in [0.1, 0.15) is 52.7 Å². The number of nitrogen functional groups attached to an aromatic ring is 1. The topological polar surface area (TPSA) is 248 Å². The number of alkyl carbamates (subject to hydrolysis) is 2. The fraction of sp³-hybridized carbons (Fsp3) is 0.217. The quantitative estimate of drug-likeness (QED) is 0.0262. The molecule has 0 aliphatic heterocycles. The van der Waals surface area contributed by atoms with E-state index in [1.807, 2.05) is 87.5 Å².